The second kappa shape index (κ2) is 14.4. The molecule has 1 unspecified atom stereocenters. The molecule has 0 bridgehead atoms. The molecule has 200 valence electrons. The number of phenols is 4. The molecule has 0 heterocycles. The molecule has 0 radical (unpaired) electrons. The molecular formula is C30H39FN2O4. The molecule has 0 aliphatic rings. The fourth-order valence-electron chi connectivity index (χ4n) is 4.59. The molecule has 3 aromatic rings. The van der Waals surface area contributed by atoms with Crippen molar-refractivity contribution in [1.29, 1.82) is 0 Å². The van der Waals surface area contributed by atoms with Crippen molar-refractivity contribution < 1.29 is 24.8 Å². The highest BCUT2D eigenvalue weighted by Crippen LogP contribution is 2.36. The lowest BCUT2D eigenvalue weighted by Crippen LogP contribution is -2.18. The number of aromatic hydroxyl groups is 4. The smallest absolute Gasteiger partial charge is 0.165 e. The number of nitrogens with two attached hydrogens (primary N) is 1. The predicted octanol–water partition coefficient (Wildman–Crippen LogP) is 5.61. The summed E-state index contributed by atoms with van der Waals surface area (Å²) in [6.07, 6.45) is 8.00. The zero-order valence-corrected chi connectivity index (χ0v) is 21.3. The van der Waals surface area contributed by atoms with Gasteiger partial charge in [-0.2, -0.15) is 0 Å². The third kappa shape index (κ3) is 8.95. The zero-order chi connectivity index (χ0) is 26.6. The Bertz CT molecular complexity index is 1140. The molecule has 0 saturated heterocycles. The number of hydrogen-bond donors (Lipinski definition) is 6. The zero-order valence-electron chi connectivity index (χ0n) is 21.3. The summed E-state index contributed by atoms with van der Waals surface area (Å²) in [6, 6.07) is 14.6. The largest absolute Gasteiger partial charge is 0.508 e. The normalized spacial score (nSPS) is 12.1. The van der Waals surface area contributed by atoms with Crippen molar-refractivity contribution in [3.8, 4) is 23.0 Å². The molecule has 0 saturated carbocycles. The minimum atomic E-state index is -0.580. The van der Waals surface area contributed by atoms with Gasteiger partial charge in [0.1, 0.15) is 5.75 Å². The first-order valence-corrected chi connectivity index (χ1v) is 13.1. The lowest BCUT2D eigenvalue weighted by molar-refractivity contribution is 0.397. The maximum Gasteiger partial charge on any atom is 0.165 e. The van der Waals surface area contributed by atoms with Crippen LogP contribution in [-0.4, -0.2) is 33.5 Å². The Hall–Kier alpha value is -3.29. The van der Waals surface area contributed by atoms with Crippen molar-refractivity contribution in [3.05, 3.63) is 82.7 Å². The van der Waals surface area contributed by atoms with Gasteiger partial charge in [0.05, 0.1) is 0 Å². The van der Waals surface area contributed by atoms with Gasteiger partial charge in [0, 0.05) is 11.6 Å². The third-order valence-corrected chi connectivity index (χ3v) is 6.74. The van der Waals surface area contributed by atoms with Crippen LogP contribution in [0.5, 0.6) is 23.0 Å². The quantitative estimate of drug-likeness (QED) is 0.117. The molecule has 37 heavy (non-hydrogen) atoms. The number of unbranched alkanes of at least 4 members (excludes halogenated alkanes) is 4. The van der Waals surface area contributed by atoms with E-state index in [1.54, 1.807) is 30.3 Å². The summed E-state index contributed by atoms with van der Waals surface area (Å²) >= 11 is 0. The molecule has 3 rings (SSSR count). The van der Waals surface area contributed by atoms with Gasteiger partial charge >= 0.3 is 0 Å². The molecule has 0 fully saturated rings. The first kappa shape index (κ1) is 28.3. The first-order valence-electron chi connectivity index (χ1n) is 13.1. The molecule has 7 N–H and O–H groups in total. The summed E-state index contributed by atoms with van der Waals surface area (Å²) in [5.74, 6) is -0.953. The van der Waals surface area contributed by atoms with Crippen LogP contribution in [0.25, 0.3) is 0 Å². The number of rotatable bonds is 15. The summed E-state index contributed by atoms with van der Waals surface area (Å²) in [4.78, 5) is 0. The van der Waals surface area contributed by atoms with E-state index in [1.807, 2.05) is 6.07 Å². The Labute approximate surface area is 218 Å². The summed E-state index contributed by atoms with van der Waals surface area (Å²) in [5.41, 5.74) is 9.82. The number of aryl methyl sites for hydroxylation is 1. The van der Waals surface area contributed by atoms with E-state index in [4.69, 9.17) is 5.73 Å². The average Bonchev–Trinajstić information content (AvgIpc) is 2.88. The molecule has 6 nitrogen and oxygen atoms in total. The highest BCUT2D eigenvalue weighted by molar-refractivity contribution is 5.50. The Balaban J connectivity index is 1.34. The van der Waals surface area contributed by atoms with Gasteiger partial charge in [-0.25, -0.2) is 4.39 Å². The van der Waals surface area contributed by atoms with Crippen molar-refractivity contribution in [2.75, 3.05) is 13.1 Å². The minimum absolute atomic E-state index is 0.115. The summed E-state index contributed by atoms with van der Waals surface area (Å²) in [7, 11) is 0. The highest BCUT2D eigenvalue weighted by Gasteiger charge is 2.17. The van der Waals surface area contributed by atoms with E-state index >= 15 is 0 Å². The molecule has 0 spiro atoms. The fourth-order valence-corrected chi connectivity index (χ4v) is 4.59. The number of phenolic OH excluding ortho intramolecular Hbond substituents is 4. The Morgan fingerprint density at radius 1 is 0.730 bits per heavy atom. The van der Waals surface area contributed by atoms with Crippen LogP contribution in [0.3, 0.4) is 0 Å². The number of halogens is 1. The van der Waals surface area contributed by atoms with Crippen LogP contribution in [-0.2, 0) is 19.3 Å². The van der Waals surface area contributed by atoms with Crippen molar-refractivity contribution in [1.82, 2.24) is 5.32 Å². The van der Waals surface area contributed by atoms with Gasteiger partial charge in [-0.15, -0.1) is 0 Å². The van der Waals surface area contributed by atoms with Gasteiger partial charge < -0.3 is 31.5 Å². The van der Waals surface area contributed by atoms with Crippen molar-refractivity contribution >= 4 is 0 Å². The van der Waals surface area contributed by atoms with E-state index in [0.29, 0.717) is 18.4 Å². The summed E-state index contributed by atoms with van der Waals surface area (Å²) in [6.45, 7) is 1.68. The predicted molar refractivity (Wildman–Crippen MR) is 145 cm³/mol. The first-order chi connectivity index (χ1) is 17.8. The van der Waals surface area contributed by atoms with Crippen LogP contribution in [0.4, 0.5) is 4.39 Å². The Morgan fingerprint density at radius 3 is 2.24 bits per heavy atom. The van der Waals surface area contributed by atoms with Crippen LogP contribution in [0, 0.1) is 5.82 Å². The molecule has 0 aliphatic carbocycles. The van der Waals surface area contributed by atoms with Crippen LogP contribution in [0.2, 0.25) is 0 Å². The topological polar surface area (TPSA) is 119 Å². The van der Waals surface area contributed by atoms with E-state index < -0.39 is 5.82 Å². The second-order valence-corrected chi connectivity index (χ2v) is 9.62. The molecular weight excluding hydrogens is 471 g/mol. The standard InChI is InChI=1S/C30H39FN2O4/c31-26-20-22(11-14-28(26)35)16-18-33-17-5-3-1-2-4-9-27(32)24-13-15-29(36)30(37)25(24)12-10-21-7-6-8-23(34)19-21/h6-8,11,13-15,19-20,27,33-37H,1-5,9-10,12,16-18,32H2. The lowest BCUT2D eigenvalue weighted by atomic mass is 9.92. The molecule has 0 aliphatic heterocycles. The maximum atomic E-state index is 13.4. The van der Waals surface area contributed by atoms with Gasteiger partial charge in [0.25, 0.3) is 0 Å². The monoisotopic (exact) mass is 510 g/mol. The van der Waals surface area contributed by atoms with Crippen LogP contribution < -0.4 is 11.1 Å². The van der Waals surface area contributed by atoms with Gasteiger partial charge in [-0.05, 0) is 92.2 Å². The van der Waals surface area contributed by atoms with Gasteiger partial charge in [-0.1, -0.05) is 49.9 Å². The number of hydrogen-bond acceptors (Lipinski definition) is 6. The number of nitrogens with one attached hydrogen (secondary N) is 1. The Kier molecular flexibility index (Phi) is 11.0. The van der Waals surface area contributed by atoms with E-state index in [0.717, 1.165) is 74.7 Å². The SMILES string of the molecule is NC(CCCCCCCNCCc1ccc(O)c(F)c1)c1ccc(O)c(O)c1CCc1cccc(O)c1. The Morgan fingerprint density at radius 2 is 1.46 bits per heavy atom. The van der Waals surface area contributed by atoms with Crippen LogP contribution >= 0.6 is 0 Å². The van der Waals surface area contributed by atoms with E-state index in [1.165, 1.54) is 18.2 Å². The van der Waals surface area contributed by atoms with Crippen LogP contribution in [0.1, 0.15) is 66.8 Å². The van der Waals surface area contributed by atoms with Gasteiger partial charge in [-0.3, -0.25) is 0 Å². The van der Waals surface area contributed by atoms with E-state index in [9.17, 15) is 24.8 Å². The molecule has 0 amide bonds. The van der Waals surface area contributed by atoms with Crippen molar-refractivity contribution in [3.63, 3.8) is 0 Å². The molecule has 1 atom stereocenters. The van der Waals surface area contributed by atoms with Gasteiger partial charge in [0.15, 0.2) is 23.1 Å². The average molecular weight is 511 g/mol. The number of benzene rings is 3. The third-order valence-electron chi connectivity index (χ3n) is 6.74. The van der Waals surface area contributed by atoms with Crippen molar-refractivity contribution in [2.45, 2.75) is 63.8 Å². The highest BCUT2D eigenvalue weighted by atomic mass is 19.1. The minimum Gasteiger partial charge on any atom is -0.508 e. The maximum absolute atomic E-state index is 13.4. The lowest BCUT2D eigenvalue weighted by Gasteiger charge is -2.18. The second-order valence-electron chi connectivity index (χ2n) is 9.62. The summed E-state index contributed by atoms with van der Waals surface area (Å²) < 4.78 is 13.4. The van der Waals surface area contributed by atoms with E-state index in [2.05, 4.69) is 5.32 Å². The molecule has 3 aromatic carbocycles. The molecule has 7 heteroatoms. The summed E-state index contributed by atoms with van der Waals surface area (Å²) in [5, 5.41) is 42.8. The fraction of sp³-hybridized carbons (Fsp3) is 0.400. The molecule has 0 aromatic heterocycles. The van der Waals surface area contributed by atoms with Crippen LogP contribution in [0.15, 0.2) is 54.6 Å². The van der Waals surface area contributed by atoms with E-state index in [-0.39, 0.29) is 29.0 Å². The van der Waals surface area contributed by atoms with Crippen molar-refractivity contribution in [2.24, 2.45) is 5.73 Å². The van der Waals surface area contributed by atoms with Gasteiger partial charge in [0.2, 0.25) is 0 Å².